The van der Waals surface area contributed by atoms with Gasteiger partial charge in [-0.05, 0) is 38.5 Å². The molecule has 0 bridgehead atoms. The summed E-state index contributed by atoms with van der Waals surface area (Å²) in [6.07, 6.45) is 0.679. The molecule has 0 aromatic heterocycles. The third-order valence-electron chi connectivity index (χ3n) is 2.56. The molecule has 19 heavy (non-hydrogen) atoms. The lowest BCUT2D eigenvalue weighted by Crippen LogP contribution is -2.33. The molecule has 2 rings (SSSR count). The van der Waals surface area contributed by atoms with Crippen molar-refractivity contribution in [3.8, 4) is 0 Å². The molecule has 0 radical (unpaired) electrons. The van der Waals surface area contributed by atoms with Crippen LogP contribution in [0.2, 0.25) is 0 Å². The summed E-state index contributed by atoms with van der Waals surface area (Å²) >= 11 is 0. The molecular formula is C14H16FNO3. The molecule has 0 spiro atoms. The highest BCUT2D eigenvalue weighted by molar-refractivity contribution is 5.80. The minimum absolute atomic E-state index is 0.337. The third kappa shape index (κ3) is 3.30. The van der Waals surface area contributed by atoms with Crippen LogP contribution in [0.15, 0.2) is 29.3 Å². The number of hydrogen-bond acceptors (Lipinski definition) is 4. The van der Waals surface area contributed by atoms with Gasteiger partial charge in [-0.2, -0.15) is 0 Å². The van der Waals surface area contributed by atoms with Crippen LogP contribution in [-0.4, -0.2) is 24.0 Å². The van der Waals surface area contributed by atoms with E-state index in [1.807, 2.05) is 0 Å². The summed E-state index contributed by atoms with van der Waals surface area (Å²) in [5.41, 5.74) is 0.109. The maximum Gasteiger partial charge on any atom is 0.335 e. The maximum atomic E-state index is 12.9. The Morgan fingerprint density at radius 2 is 1.95 bits per heavy atom. The van der Waals surface area contributed by atoms with Crippen molar-refractivity contribution < 1.29 is 18.7 Å². The fourth-order valence-corrected chi connectivity index (χ4v) is 1.78. The SMILES string of the molecule is CC(C)(C)OC(=O)[C@H]1N=CO[C@@H]1c1ccc(F)cc1. The molecule has 0 amide bonds. The molecule has 2 atom stereocenters. The third-order valence-corrected chi connectivity index (χ3v) is 2.56. The molecule has 1 aromatic carbocycles. The highest BCUT2D eigenvalue weighted by Crippen LogP contribution is 2.28. The number of hydrogen-bond donors (Lipinski definition) is 0. The second kappa shape index (κ2) is 4.99. The molecule has 4 nitrogen and oxygen atoms in total. The van der Waals surface area contributed by atoms with Gasteiger partial charge < -0.3 is 9.47 Å². The number of rotatable bonds is 2. The molecule has 0 unspecified atom stereocenters. The lowest BCUT2D eigenvalue weighted by atomic mass is 10.0. The van der Waals surface area contributed by atoms with E-state index in [9.17, 15) is 9.18 Å². The van der Waals surface area contributed by atoms with E-state index in [0.717, 1.165) is 0 Å². The Kier molecular flexibility index (Phi) is 3.55. The smallest absolute Gasteiger partial charge is 0.335 e. The van der Waals surface area contributed by atoms with Crippen LogP contribution in [0.3, 0.4) is 0 Å². The predicted molar refractivity (Wildman–Crippen MR) is 68.4 cm³/mol. The summed E-state index contributed by atoms with van der Waals surface area (Å²) in [6, 6.07) is 5.05. The van der Waals surface area contributed by atoms with Crippen molar-refractivity contribution in [3.05, 3.63) is 35.6 Å². The van der Waals surface area contributed by atoms with Crippen molar-refractivity contribution in [2.24, 2.45) is 4.99 Å². The van der Waals surface area contributed by atoms with Crippen molar-refractivity contribution in [2.45, 2.75) is 38.5 Å². The van der Waals surface area contributed by atoms with Gasteiger partial charge in [0.2, 0.25) is 0 Å². The highest BCUT2D eigenvalue weighted by Gasteiger charge is 2.37. The lowest BCUT2D eigenvalue weighted by molar-refractivity contribution is -0.158. The van der Waals surface area contributed by atoms with E-state index in [0.29, 0.717) is 5.56 Å². The first-order chi connectivity index (χ1) is 8.87. The maximum absolute atomic E-state index is 12.9. The molecule has 0 aliphatic carbocycles. The van der Waals surface area contributed by atoms with Gasteiger partial charge in [-0.3, -0.25) is 0 Å². The Hall–Kier alpha value is -1.91. The summed E-state index contributed by atoms with van der Waals surface area (Å²) in [5.74, 6) is -0.785. The highest BCUT2D eigenvalue weighted by atomic mass is 19.1. The van der Waals surface area contributed by atoms with Crippen LogP contribution in [0.25, 0.3) is 0 Å². The van der Waals surface area contributed by atoms with Crippen LogP contribution >= 0.6 is 0 Å². The summed E-state index contributed by atoms with van der Waals surface area (Å²) < 4.78 is 23.5. The van der Waals surface area contributed by atoms with Crippen LogP contribution in [0.4, 0.5) is 4.39 Å². The molecule has 1 aromatic rings. The first-order valence-electron chi connectivity index (χ1n) is 6.02. The van der Waals surface area contributed by atoms with Crippen LogP contribution < -0.4 is 0 Å². The van der Waals surface area contributed by atoms with Gasteiger partial charge >= 0.3 is 5.97 Å². The molecule has 0 fully saturated rings. The van der Waals surface area contributed by atoms with Crippen LogP contribution in [0.5, 0.6) is 0 Å². The molecule has 5 heteroatoms. The number of carbonyl (C=O) groups is 1. The van der Waals surface area contributed by atoms with Crippen LogP contribution in [0.1, 0.15) is 32.4 Å². The molecule has 0 N–H and O–H groups in total. The molecular weight excluding hydrogens is 249 g/mol. The van der Waals surface area contributed by atoms with E-state index in [-0.39, 0.29) is 5.82 Å². The largest absolute Gasteiger partial charge is 0.473 e. The van der Waals surface area contributed by atoms with Gasteiger partial charge in [0.25, 0.3) is 0 Å². The van der Waals surface area contributed by atoms with E-state index in [1.54, 1.807) is 32.9 Å². The van der Waals surface area contributed by atoms with Gasteiger partial charge in [-0.25, -0.2) is 14.2 Å². The standard InChI is InChI=1S/C14H16FNO3/c1-14(2,3)19-13(17)11-12(18-8-16-11)9-4-6-10(15)7-5-9/h4-8,11-12H,1-3H3/t11-,12+/m0/s1. The summed E-state index contributed by atoms with van der Waals surface area (Å²) in [4.78, 5) is 16.0. The van der Waals surface area contributed by atoms with Crippen LogP contribution in [-0.2, 0) is 14.3 Å². The monoisotopic (exact) mass is 265 g/mol. The molecule has 102 valence electrons. The summed E-state index contributed by atoms with van der Waals surface area (Å²) in [5, 5.41) is 0. The number of aliphatic imine (C=N–C) groups is 1. The number of halogens is 1. The zero-order valence-electron chi connectivity index (χ0n) is 11.1. The minimum Gasteiger partial charge on any atom is -0.473 e. The Labute approximate surface area is 111 Å². The van der Waals surface area contributed by atoms with Crippen molar-refractivity contribution in [3.63, 3.8) is 0 Å². The summed E-state index contributed by atoms with van der Waals surface area (Å²) in [7, 11) is 0. The number of carbonyl (C=O) groups excluding carboxylic acids is 1. The Morgan fingerprint density at radius 3 is 2.53 bits per heavy atom. The van der Waals surface area contributed by atoms with E-state index < -0.39 is 23.7 Å². The van der Waals surface area contributed by atoms with Crippen molar-refractivity contribution >= 4 is 12.4 Å². The number of esters is 1. The van der Waals surface area contributed by atoms with Crippen molar-refractivity contribution in [2.75, 3.05) is 0 Å². The van der Waals surface area contributed by atoms with E-state index in [2.05, 4.69) is 4.99 Å². The quantitative estimate of drug-likeness (QED) is 0.772. The van der Waals surface area contributed by atoms with Crippen molar-refractivity contribution in [1.82, 2.24) is 0 Å². The van der Waals surface area contributed by atoms with E-state index >= 15 is 0 Å². The summed E-state index contributed by atoms with van der Waals surface area (Å²) in [6.45, 7) is 5.37. The first kappa shape index (κ1) is 13.5. The molecule has 1 aliphatic rings. The zero-order valence-corrected chi connectivity index (χ0v) is 11.1. The second-order valence-corrected chi connectivity index (χ2v) is 5.34. The van der Waals surface area contributed by atoms with Gasteiger partial charge in [0.05, 0.1) is 0 Å². The second-order valence-electron chi connectivity index (χ2n) is 5.34. The number of ether oxygens (including phenoxy) is 2. The predicted octanol–water partition coefficient (Wildman–Crippen LogP) is 2.64. The topological polar surface area (TPSA) is 47.9 Å². The normalized spacial score (nSPS) is 22.1. The van der Waals surface area contributed by atoms with Gasteiger partial charge in [-0.1, -0.05) is 12.1 Å². The Balaban J connectivity index is 2.14. The average Bonchev–Trinajstić information content (AvgIpc) is 2.76. The Bertz CT molecular complexity index is 490. The first-order valence-corrected chi connectivity index (χ1v) is 6.02. The fourth-order valence-electron chi connectivity index (χ4n) is 1.78. The molecule has 1 heterocycles. The molecule has 1 aliphatic heterocycles. The Morgan fingerprint density at radius 1 is 1.32 bits per heavy atom. The van der Waals surface area contributed by atoms with E-state index in [4.69, 9.17) is 9.47 Å². The number of nitrogens with zero attached hydrogens (tertiary/aromatic N) is 1. The molecule has 0 saturated carbocycles. The minimum atomic E-state index is -0.746. The fraction of sp³-hybridized carbons (Fsp3) is 0.429. The molecule has 0 saturated heterocycles. The average molecular weight is 265 g/mol. The van der Waals surface area contributed by atoms with Gasteiger partial charge in [-0.15, -0.1) is 0 Å². The number of benzene rings is 1. The van der Waals surface area contributed by atoms with Gasteiger partial charge in [0.15, 0.2) is 18.5 Å². The zero-order chi connectivity index (χ0) is 14.0. The van der Waals surface area contributed by atoms with Gasteiger partial charge in [0.1, 0.15) is 11.4 Å². The van der Waals surface area contributed by atoms with Crippen LogP contribution in [0, 0.1) is 5.82 Å². The lowest BCUT2D eigenvalue weighted by Gasteiger charge is -2.23. The van der Waals surface area contributed by atoms with Gasteiger partial charge in [0, 0.05) is 0 Å². The van der Waals surface area contributed by atoms with E-state index in [1.165, 1.54) is 18.5 Å². The van der Waals surface area contributed by atoms with Crippen molar-refractivity contribution in [1.29, 1.82) is 0 Å².